The van der Waals surface area contributed by atoms with Crippen molar-refractivity contribution in [1.29, 1.82) is 0 Å². The summed E-state index contributed by atoms with van der Waals surface area (Å²) in [5, 5.41) is 4.03. The van der Waals surface area contributed by atoms with Gasteiger partial charge in [0.05, 0.1) is 16.1 Å². The number of para-hydroxylation sites is 1. The topological polar surface area (TPSA) is 42.0 Å². The van der Waals surface area contributed by atoms with Gasteiger partial charge in [0, 0.05) is 0 Å². The second-order valence-electron chi connectivity index (χ2n) is 5.25. The molecule has 22 heavy (non-hydrogen) atoms. The minimum absolute atomic E-state index is 0.0709. The van der Waals surface area contributed by atoms with E-state index in [1.54, 1.807) is 6.07 Å². The van der Waals surface area contributed by atoms with Crippen LogP contribution < -0.4 is 5.32 Å². The zero-order valence-corrected chi connectivity index (χ0v) is 13.9. The Labute approximate surface area is 138 Å². The Bertz CT molecular complexity index is 857. The number of rotatable bonds is 3. The number of aromatic nitrogens is 1. The monoisotopic (exact) mass is 330 g/mol. The highest BCUT2D eigenvalue weighted by Gasteiger charge is 2.10. The number of benzene rings is 2. The first-order chi connectivity index (χ1) is 10.5. The second-order valence-corrected chi connectivity index (χ2v) is 6.69. The Morgan fingerprint density at radius 1 is 1.23 bits per heavy atom. The van der Waals surface area contributed by atoms with E-state index >= 15 is 0 Å². The summed E-state index contributed by atoms with van der Waals surface area (Å²) in [5.41, 5.74) is 4.15. The van der Waals surface area contributed by atoms with E-state index in [0.29, 0.717) is 16.6 Å². The van der Waals surface area contributed by atoms with Crippen molar-refractivity contribution in [2.45, 2.75) is 20.3 Å². The van der Waals surface area contributed by atoms with E-state index in [-0.39, 0.29) is 5.91 Å². The van der Waals surface area contributed by atoms with Crippen LogP contribution in [0.3, 0.4) is 0 Å². The Morgan fingerprint density at radius 3 is 2.77 bits per heavy atom. The molecular weight excluding hydrogens is 316 g/mol. The van der Waals surface area contributed by atoms with Crippen LogP contribution in [0.1, 0.15) is 16.7 Å². The molecular formula is C17H15ClN2OS. The number of carbonyl (C=O) groups is 1. The quantitative estimate of drug-likeness (QED) is 0.753. The van der Waals surface area contributed by atoms with E-state index in [1.807, 2.05) is 37.3 Å². The molecule has 0 saturated carbocycles. The molecule has 5 heteroatoms. The van der Waals surface area contributed by atoms with Crippen molar-refractivity contribution >= 4 is 44.2 Å². The van der Waals surface area contributed by atoms with Crippen LogP contribution in [0.15, 0.2) is 36.4 Å². The van der Waals surface area contributed by atoms with Crippen LogP contribution >= 0.6 is 22.9 Å². The summed E-state index contributed by atoms with van der Waals surface area (Å²) in [6.45, 7) is 4.11. The van der Waals surface area contributed by atoms with E-state index in [1.165, 1.54) is 22.5 Å². The van der Waals surface area contributed by atoms with Crippen LogP contribution in [-0.2, 0) is 11.2 Å². The number of hydrogen-bond donors (Lipinski definition) is 1. The summed E-state index contributed by atoms with van der Waals surface area (Å²) in [5.74, 6) is -0.0709. The van der Waals surface area contributed by atoms with E-state index in [4.69, 9.17) is 11.6 Å². The highest BCUT2D eigenvalue weighted by atomic mass is 35.5. The highest BCUT2D eigenvalue weighted by molar-refractivity contribution is 7.22. The van der Waals surface area contributed by atoms with Gasteiger partial charge in [-0.15, -0.1) is 0 Å². The number of fused-ring (bicyclic) bond motifs is 1. The van der Waals surface area contributed by atoms with E-state index in [0.717, 1.165) is 15.8 Å². The third-order valence-electron chi connectivity index (χ3n) is 3.55. The average molecular weight is 331 g/mol. The first-order valence-corrected chi connectivity index (χ1v) is 8.13. The van der Waals surface area contributed by atoms with Crippen LogP contribution in [-0.4, -0.2) is 10.9 Å². The molecule has 0 aliphatic heterocycles. The van der Waals surface area contributed by atoms with Gasteiger partial charge in [0.15, 0.2) is 5.13 Å². The number of nitrogens with zero attached hydrogens (tertiary/aromatic N) is 1. The maximum atomic E-state index is 12.2. The van der Waals surface area contributed by atoms with Crippen LogP contribution in [0.5, 0.6) is 0 Å². The minimum Gasteiger partial charge on any atom is -0.302 e. The molecule has 1 amide bonds. The zero-order chi connectivity index (χ0) is 15.7. The number of aryl methyl sites for hydroxylation is 2. The maximum absolute atomic E-state index is 12.2. The molecule has 3 aromatic rings. The number of nitrogens with one attached hydrogen (secondary N) is 1. The lowest BCUT2D eigenvalue weighted by Gasteiger charge is -2.05. The predicted molar refractivity (Wildman–Crippen MR) is 92.9 cm³/mol. The van der Waals surface area contributed by atoms with Crippen LogP contribution in [0.2, 0.25) is 5.02 Å². The van der Waals surface area contributed by atoms with Gasteiger partial charge in [-0.05, 0) is 42.7 Å². The molecule has 0 unspecified atom stereocenters. The molecule has 1 aromatic heterocycles. The van der Waals surface area contributed by atoms with Crippen molar-refractivity contribution in [2.75, 3.05) is 5.32 Å². The van der Waals surface area contributed by atoms with Crippen molar-refractivity contribution < 1.29 is 4.79 Å². The fourth-order valence-corrected chi connectivity index (χ4v) is 3.41. The van der Waals surface area contributed by atoms with Gasteiger partial charge in [0.2, 0.25) is 5.91 Å². The highest BCUT2D eigenvalue weighted by Crippen LogP contribution is 2.30. The third kappa shape index (κ3) is 3.13. The van der Waals surface area contributed by atoms with E-state index < -0.39 is 0 Å². The fraction of sp³-hybridized carbons (Fsp3) is 0.176. The molecule has 112 valence electrons. The first-order valence-electron chi connectivity index (χ1n) is 6.94. The third-order valence-corrected chi connectivity index (χ3v) is 4.79. The largest absolute Gasteiger partial charge is 0.302 e. The normalized spacial score (nSPS) is 10.9. The maximum Gasteiger partial charge on any atom is 0.230 e. The smallest absolute Gasteiger partial charge is 0.230 e. The molecule has 0 aliphatic rings. The SMILES string of the molecule is Cc1ccc(CC(=O)Nc2nc3c(Cl)cccc3s2)cc1C. The molecule has 3 rings (SSSR count). The van der Waals surface area contributed by atoms with Crippen LogP contribution in [0, 0.1) is 13.8 Å². The lowest BCUT2D eigenvalue weighted by Crippen LogP contribution is -2.14. The zero-order valence-electron chi connectivity index (χ0n) is 12.3. The standard InChI is InChI=1S/C17H15ClN2OS/c1-10-6-7-12(8-11(10)2)9-15(21)19-17-20-16-13(18)4-3-5-14(16)22-17/h3-8H,9H2,1-2H3,(H,19,20,21). The van der Waals surface area contributed by atoms with Gasteiger partial charge in [-0.3, -0.25) is 4.79 Å². The lowest BCUT2D eigenvalue weighted by atomic mass is 10.0. The van der Waals surface area contributed by atoms with Gasteiger partial charge in [0.25, 0.3) is 0 Å². The summed E-state index contributed by atoms with van der Waals surface area (Å²) in [6, 6.07) is 11.7. The number of thiazole rings is 1. The predicted octanol–water partition coefficient (Wildman–Crippen LogP) is 4.75. The molecule has 3 nitrogen and oxygen atoms in total. The van der Waals surface area contributed by atoms with Gasteiger partial charge >= 0.3 is 0 Å². The van der Waals surface area contributed by atoms with E-state index in [9.17, 15) is 4.79 Å². The van der Waals surface area contributed by atoms with Crippen molar-refractivity contribution in [3.63, 3.8) is 0 Å². The molecule has 2 aromatic carbocycles. The molecule has 0 atom stereocenters. The van der Waals surface area contributed by atoms with Gasteiger partial charge in [-0.25, -0.2) is 4.98 Å². The molecule has 0 fully saturated rings. The Kier molecular flexibility index (Phi) is 4.14. The summed E-state index contributed by atoms with van der Waals surface area (Å²) >= 11 is 7.53. The molecule has 0 bridgehead atoms. The summed E-state index contributed by atoms with van der Waals surface area (Å²) < 4.78 is 0.967. The first kappa shape index (κ1) is 15.0. The Hall–Kier alpha value is -1.91. The van der Waals surface area contributed by atoms with E-state index in [2.05, 4.69) is 17.2 Å². The van der Waals surface area contributed by atoms with Crippen LogP contribution in [0.4, 0.5) is 5.13 Å². The van der Waals surface area contributed by atoms with Crippen molar-refractivity contribution in [2.24, 2.45) is 0 Å². The molecule has 0 radical (unpaired) electrons. The number of amides is 1. The van der Waals surface area contributed by atoms with Gasteiger partial charge in [-0.2, -0.15) is 0 Å². The number of carbonyl (C=O) groups excluding carboxylic acids is 1. The fourth-order valence-electron chi connectivity index (χ4n) is 2.23. The second kappa shape index (κ2) is 6.07. The molecule has 0 saturated heterocycles. The van der Waals surface area contributed by atoms with Crippen LogP contribution in [0.25, 0.3) is 10.2 Å². The summed E-state index contributed by atoms with van der Waals surface area (Å²) in [6.07, 6.45) is 0.338. The van der Waals surface area contributed by atoms with Gasteiger partial charge < -0.3 is 5.32 Å². The summed E-state index contributed by atoms with van der Waals surface area (Å²) in [7, 11) is 0. The molecule has 0 aliphatic carbocycles. The molecule has 0 spiro atoms. The Morgan fingerprint density at radius 2 is 2.05 bits per heavy atom. The number of halogens is 1. The van der Waals surface area contributed by atoms with Gasteiger partial charge in [0.1, 0.15) is 5.52 Å². The Balaban J connectivity index is 1.75. The molecule has 1 heterocycles. The van der Waals surface area contributed by atoms with Gasteiger partial charge in [-0.1, -0.05) is 47.2 Å². The van der Waals surface area contributed by atoms with Crippen molar-refractivity contribution in [1.82, 2.24) is 4.98 Å². The lowest BCUT2D eigenvalue weighted by molar-refractivity contribution is -0.115. The molecule has 1 N–H and O–H groups in total. The summed E-state index contributed by atoms with van der Waals surface area (Å²) in [4.78, 5) is 16.5. The number of anilines is 1. The van der Waals surface area contributed by atoms with Crippen molar-refractivity contribution in [3.8, 4) is 0 Å². The number of hydrogen-bond acceptors (Lipinski definition) is 3. The minimum atomic E-state index is -0.0709. The average Bonchev–Trinajstić information content (AvgIpc) is 2.87. The van der Waals surface area contributed by atoms with Crippen molar-refractivity contribution in [3.05, 3.63) is 58.1 Å².